The Morgan fingerprint density at radius 2 is 0.667 bits per heavy atom. The Bertz CT molecular complexity index is 1710. The van der Waals surface area contributed by atoms with E-state index in [2.05, 4.69) is 99.5 Å². The molecule has 81 heavy (non-hydrogen) atoms. The van der Waals surface area contributed by atoms with Gasteiger partial charge in [0.15, 0.2) is 0 Å². The molecule has 19 nitrogen and oxygen atoms in total. The van der Waals surface area contributed by atoms with Crippen LogP contribution in [0, 0.1) is 16.2 Å². The molecule has 0 rings (SSSR count). The van der Waals surface area contributed by atoms with E-state index >= 15 is 0 Å². The van der Waals surface area contributed by atoms with Gasteiger partial charge in [0, 0.05) is 84.2 Å². The summed E-state index contributed by atoms with van der Waals surface area (Å²) in [4.78, 5) is 99.3. The quantitative estimate of drug-likeness (QED) is 0.0212. The van der Waals surface area contributed by atoms with Crippen LogP contribution < -0.4 is 43.0 Å². The minimum absolute atomic E-state index is 0.00208. The molecule has 0 saturated heterocycles. The van der Waals surface area contributed by atoms with Crippen LogP contribution in [0.5, 0.6) is 0 Å². The number of primary amides is 1. The lowest BCUT2D eigenvalue weighted by Crippen LogP contribution is -2.58. The minimum Gasteiger partial charge on any atom is -0.378 e. The van der Waals surface area contributed by atoms with Gasteiger partial charge in [0.05, 0.1) is 39.6 Å². The van der Waals surface area contributed by atoms with Crippen molar-refractivity contribution in [1.82, 2.24) is 37.2 Å². The Morgan fingerprint density at radius 3 is 1.04 bits per heavy atom. The van der Waals surface area contributed by atoms with Gasteiger partial charge in [-0.2, -0.15) is 0 Å². The van der Waals surface area contributed by atoms with Gasteiger partial charge in [0.1, 0.15) is 5.54 Å². The molecule has 9 N–H and O–H groups in total. The summed E-state index contributed by atoms with van der Waals surface area (Å²) in [5, 5.41) is 20.6. The first-order valence-corrected chi connectivity index (χ1v) is 30.9. The molecule has 470 valence electrons. The Balaban J connectivity index is 5.04. The molecule has 0 aliphatic rings. The van der Waals surface area contributed by atoms with Crippen LogP contribution in [0.4, 0.5) is 0 Å². The van der Waals surface area contributed by atoms with Gasteiger partial charge in [-0.1, -0.05) is 133 Å². The van der Waals surface area contributed by atoms with Gasteiger partial charge in [-0.25, -0.2) is 0 Å². The number of carbonyl (C=O) groups excluding carboxylic acids is 8. The number of hydrogen-bond donors (Lipinski definition) is 8. The highest BCUT2D eigenvalue weighted by molar-refractivity contribution is 5.87. The molecule has 19 heteroatoms. The van der Waals surface area contributed by atoms with Crippen molar-refractivity contribution in [2.24, 2.45) is 22.0 Å². The highest BCUT2D eigenvalue weighted by atomic mass is 16.5. The van der Waals surface area contributed by atoms with E-state index in [-0.39, 0.29) is 123 Å². The van der Waals surface area contributed by atoms with Gasteiger partial charge in [0.2, 0.25) is 47.3 Å². The maximum atomic E-state index is 13.6. The average Bonchev–Trinajstić information content (AvgIpc) is 3.37. The zero-order chi connectivity index (χ0) is 60.7. The monoisotopic (exact) mass is 1150 g/mol. The lowest BCUT2D eigenvalue weighted by atomic mass is 9.89. The van der Waals surface area contributed by atoms with Crippen LogP contribution in [0.3, 0.4) is 0 Å². The van der Waals surface area contributed by atoms with Gasteiger partial charge in [-0.15, -0.1) is 0 Å². The third-order valence-electron chi connectivity index (χ3n) is 13.2. The van der Waals surface area contributed by atoms with E-state index in [1.165, 1.54) is 0 Å². The molecule has 0 saturated carbocycles. The van der Waals surface area contributed by atoms with Gasteiger partial charge in [-0.05, 0) is 86.5 Å². The average molecular weight is 1150 g/mol. The van der Waals surface area contributed by atoms with Gasteiger partial charge in [0.25, 0.3) is 0 Å². The van der Waals surface area contributed by atoms with Crippen LogP contribution in [0.15, 0.2) is 12.2 Å². The fourth-order valence-corrected chi connectivity index (χ4v) is 8.37. The lowest BCUT2D eigenvalue weighted by Gasteiger charge is -2.34. The van der Waals surface area contributed by atoms with E-state index < -0.39 is 11.4 Å². The number of allylic oxidation sites excluding steroid dienone is 1. The zero-order valence-electron chi connectivity index (χ0n) is 52.3. The van der Waals surface area contributed by atoms with E-state index in [0.29, 0.717) is 77.8 Å². The molecule has 8 amide bonds. The first-order valence-electron chi connectivity index (χ1n) is 30.9. The second kappa shape index (κ2) is 46.8. The normalized spacial score (nSPS) is 12.0. The van der Waals surface area contributed by atoms with Gasteiger partial charge < -0.3 is 57.2 Å². The van der Waals surface area contributed by atoms with Crippen LogP contribution in [0.1, 0.15) is 236 Å². The molecule has 0 heterocycles. The van der Waals surface area contributed by atoms with E-state index in [1.807, 2.05) is 6.08 Å². The van der Waals surface area contributed by atoms with Crippen LogP contribution >= 0.6 is 0 Å². The third-order valence-corrected chi connectivity index (χ3v) is 13.2. The second-order valence-corrected chi connectivity index (χ2v) is 25.4. The molecule has 0 aliphatic heterocycles. The fourth-order valence-electron chi connectivity index (χ4n) is 8.37. The molecule has 0 fully saturated rings. The number of carbonyl (C=O) groups is 8. The number of nitrogens with two attached hydrogens (primary N) is 1. The van der Waals surface area contributed by atoms with Crippen LogP contribution in [-0.2, 0) is 52.6 Å². The molecule has 0 spiro atoms. The number of amides is 8. The lowest BCUT2D eigenvalue weighted by molar-refractivity contribution is -0.130. The van der Waals surface area contributed by atoms with Crippen LogP contribution in [0.25, 0.3) is 0 Å². The Morgan fingerprint density at radius 1 is 0.358 bits per heavy atom. The summed E-state index contributed by atoms with van der Waals surface area (Å²) in [6, 6.07) is 0. The molecule has 0 atom stereocenters. The number of ether oxygens (including phenoxy) is 3. The van der Waals surface area contributed by atoms with Gasteiger partial charge >= 0.3 is 0 Å². The third kappa shape index (κ3) is 54.4. The zero-order valence-corrected chi connectivity index (χ0v) is 52.3. The molecule has 0 unspecified atom stereocenters. The first-order chi connectivity index (χ1) is 38.3. The van der Waals surface area contributed by atoms with Gasteiger partial charge in [-0.3, -0.25) is 38.4 Å². The van der Waals surface area contributed by atoms with Crippen molar-refractivity contribution < 1.29 is 52.6 Å². The minimum atomic E-state index is -1.22. The Labute approximate surface area is 489 Å². The number of rotatable bonds is 51. The summed E-state index contributed by atoms with van der Waals surface area (Å²) in [5.41, 5.74) is 4.63. The second-order valence-electron chi connectivity index (χ2n) is 25.4. The largest absolute Gasteiger partial charge is 0.378 e. The highest BCUT2D eigenvalue weighted by Gasteiger charge is 2.34. The standard InChI is InChI=1S/C62H116N8O11/c1-59(2,3)36-22-20-29-53(73)66-41-26-43-68-56(76)34-46-80-49-62(48-79-45-33-51(63)71,50-81-47-35-57(77)69-44-27-42-67-54(74)30-21-23-37-60(4,5)6)70-58(78)31-19-15-13-11-10-12-14-18-28-52(72)64-39-24-16-17-25-40-65-55(75)32-38-61(7,8)9/h32,38H,10-31,33-37,39-50H2,1-9H3,(H2,63,71)(H,64,72)(H,65,75)(H,66,73)(H,67,74)(H,68,76)(H,69,77)(H,70,78)/b38-32+. The van der Waals surface area contributed by atoms with Crippen LogP contribution in [0.2, 0.25) is 0 Å². The molecule has 0 aromatic carbocycles. The van der Waals surface area contributed by atoms with E-state index in [0.717, 1.165) is 109 Å². The van der Waals surface area contributed by atoms with E-state index in [4.69, 9.17) is 19.9 Å². The summed E-state index contributed by atoms with van der Waals surface area (Å²) < 4.78 is 17.9. The SMILES string of the molecule is CC(C)(C)/C=C/C(=O)NCCCCCCNC(=O)CCCCCCCCCCC(=O)NC(COCCC(N)=O)(COCCC(=O)NCCCNC(=O)CCCCC(C)(C)C)COCCC(=O)NCCCNC(=O)CCCCC(C)(C)C. The predicted octanol–water partition coefficient (Wildman–Crippen LogP) is 8.30. The molecule has 0 radical (unpaired) electrons. The first kappa shape index (κ1) is 76.4. The summed E-state index contributed by atoms with van der Waals surface area (Å²) in [5.74, 6) is -1.20. The fraction of sp³-hybridized carbons (Fsp3) is 0.839. The van der Waals surface area contributed by atoms with Crippen LogP contribution in [-0.4, -0.2) is 132 Å². The Kier molecular flexibility index (Phi) is 44.1. The predicted molar refractivity (Wildman–Crippen MR) is 323 cm³/mol. The van der Waals surface area contributed by atoms with Crippen molar-refractivity contribution in [1.29, 1.82) is 0 Å². The molecular weight excluding hydrogens is 1030 g/mol. The van der Waals surface area contributed by atoms with Crippen molar-refractivity contribution in [3.63, 3.8) is 0 Å². The summed E-state index contributed by atoms with van der Waals surface area (Å²) in [7, 11) is 0. The van der Waals surface area contributed by atoms with Crippen molar-refractivity contribution >= 4 is 47.3 Å². The summed E-state index contributed by atoms with van der Waals surface area (Å²) in [6.45, 7) is 22.1. The maximum Gasteiger partial charge on any atom is 0.243 e. The summed E-state index contributed by atoms with van der Waals surface area (Å²) >= 11 is 0. The van der Waals surface area contributed by atoms with Crippen molar-refractivity contribution in [2.75, 3.05) is 78.9 Å². The smallest absolute Gasteiger partial charge is 0.243 e. The molecule has 0 bridgehead atoms. The van der Waals surface area contributed by atoms with Crippen molar-refractivity contribution in [3.8, 4) is 0 Å². The molecule has 0 aromatic heterocycles. The number of hydrogen-bond acceptors (Lipinski definition) is 11. The molecule has 0 aliphatic carbocycles. The highest BCUT2D eigenvalue weighted by Crippen LogP contribution is 2.23. The topological polar surface area (TPSA) is 274 Å². The number of unbranched alkanes of at least 4 members (excludes halogenated alkanes) is 12. The number of nitrogens with one attached hydrogen (secondary N) is 7. The van der Waals surface area contributed by atoms with Crippen molar-refractivity contribution in [2.45, 2.75) is 241 Å². The molecule has 0 aromatic rings. The maximum absolute atomic E-state index is 13.6. The van der Waals surface area contributed by atoms with E-state index in [9.17, 15) is 38.4 Å². The van der Waals surface area contributed by atoms with E-state index in [1.54, 1.807) is 6.08 Å². The van der Waals surface area contributed by atoms with Crippen molar-refractivity contribution in [3.05, 3.63) is 12.2 Å². The molecular formula is C62H116N8O11. The Hall–Kier alpha value is -4.62. The summed E-state index contributed by atoms with van der Waals surface area (Å²) in [6.07, 6.45) is 23.5.